The molecule has 150 valence electrons. The van der Waals surface area contributed by atoms with E-state index in [-0.39, 0.29) is 17.6 Å². The van der Waals surface area contributed by atoms with Gasteiger partial charge in [-0.05, 0) is 36.4 Å². The number of hydrogen-bond donors (Lipinski definition) is 1. The van der Waals surface area contributed by atoms with Gasteiger partial charge in [0.2, 0.25) is 5.91 Å². The van der Waals surface area contributed by atoms with E-state index in [1.807, 2.05) is 0 Å². The average molecular weight is 413 g/mol. The number of likely N-dealkylation sites (tertiary alicyclic amines) is 1. The van der Waals surface area contributed by atoms with Crippen LogP contribution in [0.25, 0.3) is 0 Å². The lowest BCUT2D eigenvalue weighted by atomic mass is 9.82. The highest BCUT2D eigenvalue weighted by molar-refractivity contribution is 6.31. The number of carbonyl (C=O) groups excluding carboxylic acids is 3. The molecule has 1 saturated heterocycles. The van der Waals surface area contributed by atoms with Gasteiger partial charge in [0, 0.05) is 49.1 Å². The normalized spacial score (nSPS) is 17.4. The van der Waals surface area contributed by atoms with E-state index in [1.54, 1.807) is 47.4 Å². The fourth-order valence-electron chi connectivity index (χ4n) is 3.98. The van der Waals surface area contributed by atoms with Crippen LogP contribution in [0, 0.1) is 0 Å². The third-order valence-corrected chi connectivity index (χ3v) is 5.68. The quantitative estimate of drug-likeness (QED) is 0.810. The van der Waals surface area contributed by atoms with Gasteiger partial charge in [0.25, 0.3) is 5.91 Å². The van der Waals surface area contributed by atoms with E-state index in [1.165, 1.54) is 6.92 Å². The Labute approximate surface area is 173 Å². The number of nitrogens with zero attached hydrogens (tertiary/aromatic N) is 1. The maximum absolute atomic E-state index is 12.9. The van der Waals surface area contributed by atoms with Crippen LogP contribution in [-0.2, 0) is 4.79 Å². The molecule has 2 aliphatic rings. The zero-order valence-corrected chi connectivity index (χ0v) is 16.8. The van der Waals surface area contributed by atoms with Gasteiger partial charge < -0.3 is 15.0 Å². The number of Topliss-reactive ketones (excluding diaryl/α,β-unsaturated/α-hetero) is 1. The van der Waals surface area contributed by atoms with E-state index < -0.39 is 5.60 Å². The third kappa shape index (κ3) is 3.98. The number of benzene rings is 2. The molecule has 2 aliphatic heterocycles. The molecule has 6 nitrogen and oxygen atoms in total. The number of nitrogens with one attached hydrogen (secondary N) is 1. The highest BCUT2D eigenvalue weighted by Gasteiger charge is 2.43. The summed E-state index contributed by atoms with van der Waals surface area (Å²) in [5.41, 5.74) is 1.06. The molecule has 1 N–H and O–H groups in total. The molecule has 0 radical (unpaired) electrons. The lowest BCUT2D eigenvalue weighted by molar-refractivity contribution is -0.114. The molecule has 2 aromatic carbocycles. The highest BCUT2D eigenvalue weighted by Crippen LogP contribution is 2.40. The van der Waals surface area contributed by atoms with E-state index in [0.717, 1.165) is 0 Å². The molecule has 0 bridgehead atoms. The Morgan fingerprint density at radius 2 is 1.90 bits per heavy atom. The monoisotopic (exact) mass is 412 g/mol. The molecule has 2 amide bonds. The second-order valence-electron chi connectivity index (χ2n) is 7.58. The molecule has 7 heteroatoms. The molecular weight excluding hydrogens is 392 g/mol. The van der Waals surface area contributed by atoms with Crippen molar-refractivity contribution in [1.82, 2.24) is 4.90 Å². The number of ether oxygens (including phenoxy) is 1. The third-order valence-electron chi connectivity index (χ3n) is 5.44. The van der Waals surface area contributed by atoms with Crippen molar-refractivity contribution in [2.75, 3.05) is 18.4 Å². The molecule has 0 atom stereocenters. The van der Waals surface area contributed by atoms with E-state index in [2.05, 4.69) is 5.32 Å². The second kappa shape index (κ2) is 7.52. The Hall–Kier alpha value is -2.86. The predicted octanol–water partition coefficient (Wildman–Crippen LogP) is 3.94. The van der Waals surface area contributed by atoms with Crippen molar-refractivity contribution in [1.29, 1.82) is 0 Å². The Morgan fingerprint density at radius 1 is 1.14 bits per heavy atom. The summed E-state index contributed by atoms with van der Waals surface area (Å²) in [5, 5.41) is 3.20. The molecule has 2 aromatic rings. The number of carbonyl (C=O) groups is 3. The summed E-state index contributed by atoms with van der Waals surface area (Å²) in [7, 11) is 0. The van der Waals surface area contributed by atoms with Gasteiger partial charge in [-0.15, -0.1) is 0 Å². The summed E-state index contributed by atoms with van der Waals surface area (Å²) < 4.78 is 6.22. The molecular formula is C22H21ClN2O4. The van der Waals surface area contributed by atoms with Gasteiger partial charge in [-0.25, -0.2) is 0 Å². The van der Waals surface area contributed by atoms with Crippen molar-refractivity contribution >= 4 is 34.9 Å². The Balaban J connectivity index is 1.46. The standard InChI is InChI=1S/C22H21ClN2O4/c1-14(26)24-17-4-2-3-15(11-17)21(28)25-9-7-22(8-10-25)13-19(27)18-12-16(23)5-6-20(18)29-22/h2-6,11-12H,7-10,13H2,1H3,(H,24,26). The summed E-state index contributed by atoms with van der Waals surface area (Å²) in [6.45, 7) is 2.43. The predicted molar refractivity (Wildman–Crippen MR) is 110 cm³/mol. The number of hydrogen-bond acceptors (Lipinski definition) is 4. The summed E-state index contributed by atoms with van der Waals surface area (Å²) in [4.78, 5) is 38.5. The maximum atomic E-state index is 12.9. The van der Waals surface area contributed by atoms with Crippen LogP contribution < -0.4 is 10.1 Å². The van der Waals surface area contributed by atoms with Crippen LogP contribution in [0.5, 0.6) is 5.75 Å². The van der Waals surface area contributed by atoms with Gasteiger partial charge in [0.05, 0.1) is 12.0 Å². The topological polar surface area (TPSA) is 75.7 Å². The van der Waals surface area contributed by atoms with Crippen molar-refractivity contribution < 1.29 is 19.1 Å². The van der Waals surface area contributed by atoms with Crippen LogP contribution >= 0.6 is 11.6 Å². The number of fused-ring (bicyclic) bond motifs is 1. The number of piperidine rings is 1. The van der Waals surface area contributed by atoms with Gasteiger partial charge in [-0.2, -0.15) is 0 Å². The zero-order chi connectivity index (χ0) is 20.6. The number of rotatable bonds is 2. The van der Waals surface area contributed by atoms with Gasteiger partial charge in [0.15, 0.2) is 5.78 Å². The van der Waals surface area contributed by atoms with Crippen LogP contribution in [-0.4, -0.2) is 41.2 Å². The molecule has 1 fully saturated rings. The zero-order valence-electron chi connectivity index (χ0n) is 16.0. The van der Waals surface area contributed by atoms with Crippen LogP contribution in [0.4, 0.5) is 5.69 Å². The molecule has 4 rings (SSSR count). The van der Waals surface area contributed by atoms with Crippen LogP contribution in [0.15, 0.2) is 42.5 Å². The first-order chi connectivity index (χ1) is 13.8. The minimum atomic E-state index is -0.577. The first-order valence-electron chi connectivity index (χ1n) is 9.54. The van der Waals surface area contributed by atoms with E-state index in [0.29, 0.717) is 59.9 Å². The van der Waals surface area contributed by atoms with Gasteiger partial charge in [-0.3, -0.25) is 14.4 Å². The molecule has 29 heavy (non-hydrogen) atoms. The molecule has 0 aliphatic carbocycles. The van der Waals surface area contributed by atoms with Gasteiger partial charge in [-0.1, -0.05) is 17.7 Å². The summed E-state index contributed by atoms with van der Waals surface area (Å²) >= 11 is 6.00. The summed E-state index contributed by atoms with van der Waals surface area (Å²) in [6.07, 6.45) is 1.45. The fraction of sp³-hybridized carbons (Fsp3) is 0.318. The van der Waals surface area contributed by atoms with Crippen molar-refractivity contribution in [3.8, 4) is 5.75 Å². The SMILES string of the molecule is CC(=O)Nc1cccc(C(=O)N2CCC3(CC2)CC(=O)c2cc(Cl)ccc2O3)c1. The number of halogens is 1. The smallest absolute Gasteiger partial charge is 0.253 e. The first-order valence-corrected chi connectivity index (χ1v) is 9.92. The number of amides is 2. The number of anilines is 1. The molecule has 0 unspecified atom stereocenters. The Bertz CT molecular complexity index is 996. The average Bonchev–Trinajstić information content (AvgIpc) is 2.68. The minimum absolute atomic E-state index is 0.0246. The lowest BCUT2D eigenvalue weighted by Gasteiger charge is -2.44. The van der Waals surface area contributed by atoms with E-state index >= 15 is 0 Å². The summed E-state index contributed by atoms with van der Waals surface area (Å²) in [5.74, 6) is 0.307. The first kappa shape index (κ1) is 19.5. The fourth-order valence-corrected chi connectivity index (χ4v) is 4.15. The van der Waals surface area contributed by atoms with Crippen molar-refractivity contribution in [3.63, 3.8) is 0 Å². The van der Waals surface area contributed by atoms with Crippen LogP contribution in [0.3, 0.4) is 0 Å². The Kier molecular flexibility index (Phi) is 5.04. The van der Waals surface area contributed by atoms with Gasteiger partial charge in [0.1, 0.15) is 11.4 Å². The summed E-state index contributed by atoms with van der Waals surface area (Å²) in [6, 6.07) is 12.0. The van der Waals surface area contributed by atoms with Crippen molar-refractivity contribution in [2.24, 2.45) is 0 Å². The lowest BCUT2D eigenvalue weighted by Crippen LogP contribution is -2.52. The maximum Gasteiger partial charge on any atom is 0.253 e. The van der Waals surface area contributed by atoms with Crippen LogP contribution in [0.2, 0.25) is 5.02 Å². The van der Waals surface area contributed by atoms with E-state index in [4.69, 9.17) is 16.3 Å². The molecule has 1 spiro atoms. The minimum Gasteiger partial charge on any atom is -0.486 e. The second-order valence-corrected chi connectivity index (χ2v) is 8.02. The largest absolute Gasteiger partial charge is 0.486 e. The van der Waals surface area contributed by atoms with Crippen molar-refractivity contribution in [3.05, 3.63) is 58.6 Å². The van der Waals surface area contributed by atoms with Crippen molar-refractivity contribution in [2.45, 2.75) is 31.8 Å². The Morgan fingerprint density at radius 3 is 2.62 bits per heavy atom. The highest BCUT2D eigenvalue weighted by atomic mass is 35.5. The van der Waals surface area contributed by atoms with E-state index in [9.17, 15) is 14.4 Å². The van der Waals surface area contributed by atoms with Gasteiger partial charge >= 0.3 is 0 Å². The molecule has 2 heterocycles. The molecule has 0 aromatic heterocycles. The molecule has 0 saturated carbocycles. The number of ketones is 1. The van der Waals surface area contributed by atoms with Crippen LogP contribution in [0.1, 0.15) is 46.9 Å².